The van der Waals surface area contributed by atoms with E-state index in [1.807, 2.05) is 42.5 Å². The minimum atomic E-state index is -3.57. The molecule has 1 saturated heterocycles. The number of hydrogen-bond donors (Lipinski definition) is 1. The molecule has 1 N–H and O–H groups in total. The standard InChI is InChI=1S/C21H21ClN2O3S2/c22-20-8-6-18(28-20)14-23-21(25)16-9-11-24(12-10-16)29(26,27)19-7-5-15-3-1-2-4-17(15)13-19/h1-8,13,16H,9-12,14H2,(H,23,25). The molecule has 3 aromatic rings. The van der Waals surface area contributed by atoms with Gasteiger partial charge in [-0.05, 0) is 47.9 Å². The van der Waals surface area contributed by atoms with Gasteiger partial charge in [-0.15, -0.1) is 11.3 Å². The van der Waals surface area contributed by atoms with Gasteiger partial charge in [0.1, 0.15) is 0 Å². The molecule has 152 valence electrons. The van der Waals surface area contributed by atoms with E-state index in [1.54, 1.807) is 12.1 Å². The third-order valence-electron chi connectivity index (χ3n) is 5.25. The Bertz CT molecular complexity index is 1140. The zero-order valence-electron chi connectivity index (χ0n) is 15.7. The van der Waals surface area contributed by atoms with E-state index in [2.05, 4.69) is 5.32 Å². The summed E-state index contributed by atoms with van der Waals surface area (Å²) < 4.78 is 28.3. The van der Waals surface area contributed by atoms with Crippen LogP contribution < -0.4 is 5.32 Å². The van der Waals surface area contributed by atoms with Gasteiger partial charge in [-0.1, -0.05) is 41.9 Å². The fourth-order valence-electron chi connectivity index (χ4n) is 3.60. The van der Waals surface area contributed by atoms with E-state index in [4.69, 9.17) is 11.6 Å². The third kappa shape index (κ3) is 4.48. The summed E-state index contributed by atoms with van der Waals surface area (Å²) in [5.74, 6) is -0.203. The Morgan fingerprint density at radius 2 is 1.79 bits per heavy atom. The highest BCUT2D eigenvalue weighted by Crippen LogP contribution is 2.27. The maximum absolute atomic E-state index is 13.0. The van der Waals surface area contributed by atoms with Crippen LogP contribution in [0.5, 0.6) is 0 Å². The number of nitrogens with one attached hydrogen (secondary N) is 1. The highest BCUT2D eigenvalue weighted by Gasteiger charge is 2.32. The minimum Gasteiger partial charge on any atom is -0.351 e. The van der Waals surface area contributed by atoms with Crippen LogP contribution in [-0.2, 0) is 21.4 Å². The smallest absolute Gasteiger partial charge is 0.243 e. The van der Waals surface area contributed by atoms with Crippen molar-refractivity contribution in [1.82, 2.24) is 9.62 Å². The molecule has 2 aromatic carbocycles. The van der Waals surface area contributed by atoms with Crippen molar-refractivity contribution < 1.29 is 13.2 Å². The number of piperidine rings is 1. The fourth-order valence-corrected chi connectivity index (χ4v) is 6.13. The molecule has 1 aliphatic rings. The lowest BCUT2D eigenvalue weighted by molar-refractivity contribution is -0.126. The van der Waals surface area contributed by atoms with E-state index < -0.39 is 10.0 Å². The first kappa shape index (κ1) is 20.3. The van der Waals surface area contributed by atoms with Crippen molar-refractivity contribution in [2.75, 3.05) is 13.1 Å². The lowest BCUT2D eigenvalue weighted by atomic mass is 9.97. The van der Waals surface area contributed by atoms with Gasteiger partial charge in [0.15, 0.2) is 0 Å². The van der Waals surface area contributed by atoms with Crippen LogP contribution in [0.4, 0.5) is 0 Å². The van der Waals surface area contributed by atoms with Gasteiger partial charge >= 0.3 is 0 Å². The highest BCUT2D eigenvalue weighted by atomic mass is 35.5. The lowest BCUT2D eigenvalue weighted by Crippen LogP contribution is -2.42. The van der Waals surface area contributed by atoms with Gasteiger partial charge in [0, 0.05) is 23.9 Å². The first-order chi connectivity index (χ1) is 13.9. The molecule has 0 bridgehead atoms. The summed E-state index contributed by atoms with van der Waals surface area (Å²) in [4.78, 5) is 13.7. The monoisotopic (exact) mass is 448 g/mol. The Labute approximate surface area is 179 Å². The number of thiophene rings is 1. The Morgan fingerprint density at radius 3 is 2.48 bits per heavy atom. The topological polar surface area (TPSA) is 66.5 Å². The van der Waals surface area contributed by atoms with Gasteiger partial charge in [-0.2, -0.15) is 4.31 Å². The number of rotatable bonds is 5. The van der Waals surface area contributed by atoms with Crippen LogP contribution in [0.3, 0.4) is 0 Å². The second kappa shape index (κ2) is 8.44. The molecule has 1 aliphatic heterocycles. The van der Waals surface area contributed by atoms with Crippen molar-refractivity contribution in [2.24, 2.45) is 5.92 Å². The highest BCUT2D eigenvalue weighted by molar-refractivity contribution is 7.89. The summed E-state index contributed by atoms with van der Waals surface area (Å²) in [5.41, 5.74) is 0. The molecule has 2 heterocycles. The first-order valence-electron chi connectivity index (χ1n) is 9.44. The Balaban J connectivity index is 1.38. The van der Waals surface area contributed by atoms with Gasteiger partial charge in [0.2, 0.25) is 15.9 Å². The van der Waals surface area contributed by atoms with Gasteiger partial charge in [-0.25, -0.2) is 8.42 Å². The van der Waals surface area contributed by atoms with Gasteiger partial charge < -0.3 is 5.32 Å². The van der Waals surface area contributed by atoms with E-state index >= 15 is 0 Å². The number of sulfonamides is 1. The quantitative estimate of drug-likeness (QED) is 0.633. The molecule has 1 amide bonds. The number of carbonyl (C=O) groups is 1. The van der Waals surface area contributed by atoms with Gasteiger partial charge in [0.05, 0.1) is 15.8 Å². The average Bonchev–Trinajstić information content (AvgIpc) is 3.17. The van der Waals surface area contributed by atoms with Crippen LogP contribution in [0, 0.1) is 5.92 Å². The minimum absolute atomic E-state index is 0.0303. The van der Waals surface area contributed by atoms with E-state index in [9.17, 15) is 13.2 Å². The predicted octanol–water partition coefficient (Wildman–Crippen LogP) is 4.27. The van der Waals surface area contributed by atoms with Crippen molar-refractivity contribution in [1.29, 1.82) is 0 Å². The van der Waals surface area contributed by atoms with Crippen molar-refractivity contribution in [3.63, 3.8) is 0 Å². The number of carbonyl (C=O) groups excluding carboxylic acids is 1. The largest absolute Gasteiger partial charge is 0.351 e. The van der Waals surface area contributed by atoms with E-state index in [1.165, 1.54) is 15.6 Å². The summed E-state index contributed by atoms with van der Waals surface area (Å²) in [7, 11) is -3.57. The lowest BCUT2D eigenvalue weighted by Gasteiger charge is -2.30. The molecule has 1 fully saturated rings. The van der Waals surface area contributed by atoms with E-state index in [-0.39, 0.29) is 11.8 Å². The number of nitrogens with zero attached hydrogens (tertiary/aromatic N) is 1. The molecule has 8 heteroatoms. The van der Waals surface area contributed by atoms with Gasteiger partial charge in [-0.3, -0.25) is 4.79 Å². The molecule has 4 rings (SSSR count). The second-order valence-electron chi connectivity index (χ2n) is 7.11. The second-order valence-corrected chi connectivity index (χ2v) is 10.8. The maximum atomic E-state index is 13.0. The molecule has 29 heavy (non-hydrogen) atoms. The molecule has 0 atom stereocenters. The molecule has 0 spiro atoms. The van der Waals surface area contributed by atoms with Crippen LogP contribution in [-0.4, -0.2) is 31.7 Å². The van der Waals surface area contributed by atoms with Crippen LogP contribution in [0.15, 0.2) is 59.5 Å². The molecular weight excluding hydrogens is 428 g/mol. The van der Waals surface area contributed by atoms with Crippen LogP contribution in [0.25, 0.3) is 10.8 Å². The molecule has 0 unspecified atom stereocenters. The van der Waals surface area contributed by atoms with Crippen molar-refractivity contribution >= 4 is 49.6 Å². The molecule has 0 radical (unpaired) electrons. The normalized spacial score (nSPS) is 16.2. The maximum Gasteiger partial charge on any atom is 0.243 e. The number of halogens is 1. The summed E-state index contributed by atoms with van der Waals surface area (Å²) in [6, 6.07) is 16.6. The zero-order valence-corrected chi connectivity index (χ0v) is 18.1. The summed E-state index contributed by atoms with van der Waals surface area (Å²) in [5, 5.41) is 4.84. The fraction of sp³-hybridized carbons (Fsp3) is 0.286. The molecule has 1 aromatic heterocycles. The zero-order chi connectivity index (χ0) is 20.4. The Morgan fingerprint density at radius 1 is 1.07 bits per heavy atom. The van der Waals surface area contributed by atoms with Crippen molar-refractivity contribution in [3.8, 4) is 0 Å². The SMILES string of the molecule is O=C(NCc1ccc(Cl)s1)C1CCN(S(=O)(=O)c2ccc3ccccc3c2)CC1. The summed E-state index contributed by atoms with van der Waals surface area (Å²) >= 11 is 7.35. The molecule has 0 aliphatic carbocycles. The average molecular weight is 449 g/mol. The molecular formula is C21H21ClN2O3S2. The van der Waals surface area contributed by atoms with Crippen molar-refractivity contribution in [3.05, 3.63) is 63.8 Å². The Hall–Kier alpha value is -1.93. The van der Waals surface area contributed by atoms with Gasteiger partial charge in [0.25, 0.3) is 0 Å². The molecule has 0 saturated carbocycles. The number of fused-ring (bicyclic) bond motifs is 1. The molecule has 5 nitrogen and oxygen atoms in total. The van der Waals surface area contributed by atoms with E-state index in [0.29, 0.717) is 41.7 Å². The first-order valence-corrected chi connectivity index (χ1v) is 12.1. The van der Waals surface area contributed by atoms with Crippen molar-refractivity contribution in [2.45, 2.75) is 24.3 Å². The summed E-state index contributed by atoms with van der Waals surface area (Å²) in [6.07, 6.45) is 1.04. The third-order valence-corrected chi connectivity index (χ3v) is 8.37. The number of benzene rings is 2. The van der Waals surface area contributed by atoms with Crippen LogP contribution in [0.2, 0.25) is 4.34 Å². The number of hydrogen-bond acceptors (Lipinski definition) is 4. The van der Waals surface area contributed by atoms with Crippen LogP contribution in [0.1, 0.15) is 17.7 Å². The van der Waals surface area contributed by atoms with E-state index in [0.717, 1.165) is 15.6 Å². The predicted molar refractivity (Wildman–Crippen MR) is 117 cm³/mol. The Kier molecular flexibility index (Phi) is 5.92. The summed E-state index contributed by atoms with van der Waals surface area (Å²) in [6.45, 7) is 1.14. The van der Waals surface area contributed by atoms with Crippen LogP contribution >= 0.6 is 22.9 Å². The number of amides is 1.